The van der Waals surface area contributed by atoms with Crippen LogP contribution in [0.15, 0.2) is 12.4 Å². The molecule has 0 atom stereocenters. The third-order valence-electron chi connectivity index (χ3n) is 4.02. The zero-order chi connectivity index (χ0) is 12.6. The highest BCUT2D eigenvalue weighted by Crippen LogP contribution is 2.36. The second kappa shape index (κ2) is 4.44. The van der Waals surface area contributed by atoms with Gasteiger partial charge in [-0.15, -0.1) is 0 Å². The Morgan fingerprint density at radius 2 is 1.89 bits per heavy atom. The topological polar surface area (TPSA) is 29.0 Å². The first-order chi connectivity index (χ1) is 8.64. The first kappa shape index (κ1) is 11.8. The Balaban J connectivity index is 1.72. The van der Waals surface area contributed by atoms with Crippen molar-refractivity contribution in [3.05, 3.63) is 18.1 Å². The summed E-state index contributed by atoms with van der Waals surface area (Å²) in [6.07, 6.45) is 5.06. The quantitative estimate of drug-likeness (QED) is 0.811. The van der Waals surface area contributed by atoms with Gasteiger partial charge in [0, 0.05) is 43.6 Å². The molecule has 0 amide bonds. The van der Waals surface area contributed by atoms with Crippen LogP contribution in [-0.4, -0.2) is 29.0 Å². The summed E-state index contributed by atoms with van der Waals surface area (Å²) in [5.41, 5.74) is 1.07. The molecule has 1 aliphatic carbocycles. The van der Waals surface area contributed by atoms with Gasteiger partial charge >= 0.3 is 0 Å². The summed E-state index contributed by atoms with van der Waals surface area (Å²) in [6.45, 7) is 0.766. The normalized spacial score (nSPS) is 23.8. The lowest BCUT2D eigenvalue weighted by molar-refractivity contribution is -0.0221. The maximum Gasteiger partial charge on any atom is 0.251 e. The van der Waals surface area contributed by atoms with Crippen molar-refractivity contribution in [2.45, 2.75) is 43.9 Å². The standard InChI is InChI=1S/C13H17F2N3/c14-13(15)4-6-18(7-5-13)12-8-11(16-9-17-12)10-2-1-3-10/h8-10H,1-7H2. The van der Waals surface area contributed by atoms with E-state index in [4.69, 9.17) is 0 Å². The van der Waals surface area contributed by atoms with Crippen LogP contribution in [0, 0.1) is 0 Å². The van der Waals surface area contributed by atoms with Gasteiger partial charge in [-0.2, -0.15) is 0 Å². The fourth-order valence-electron chi connectivity index (χ4n) is 2.52. The van der Waals surface area contributed by atoms with Crippen LogP contribution in [0.1, 0.15) is 43.7 Å². The van der Waals surface area contributed by atoms with Crippen molar-refractivity contribution in [2.75, 3.05) is 18.0 Å². The number of rotatable bonds is 2. The molecule has 5 heteroatoms. The third kappa shape index (κ3) is 2.31. The van der Waals surface area contributed by atoms with E-state index in [0.29, 0.717) is 19.0 Å². The van der Waals surface area contributed by atoms with Crippen molar-refractivity contribution < 1.29 is 8.78 Å². The van der Waals surface area contributed by atoms with Gasteiger partial charge in [-0.05, 0) is 12.8 Å². The van der Waals surface area contributed by atoms with Gasteiger partial charge in [0.15, 0.2) is 0 Å². The van der Waals surface area contributed by atoms with E-state index >= 15 is 0 Å². The number of hydrogen-bond acceptors (Lipinski definition) is 3. The van der Waals surface area contributed by atoms with Crippen molar-refractivity contribution in [1.82, 2.24) is 9.97 Å². The second-order valence-electron chi connectivity index (χ2n) is 5.27. The first-order valence-corrected chi connectivity index (χ1v) is 6.59. The molecule has 0 spiro atoms. The fraction of sp³-hybridized carbons (Fsp3) is 0.692. The SMILES string of the molecule is FC1(F)CCN(c2cc(C3CCC3)ncn2)CC1. The Hall–Kier alpha value is -1.26. The Labute approximate surface area is 105 Å². The van der Waals surface area contributed by atoms with Crippen LogP contribution in [0.5, 0.6) is 0 Å². The Morgan fingerprint density at radius 1 is 1.17 bits per heavy atom. The van der Waals surface area contributed by atoms with Crippen LogP contribution in [-0.2, 0) is 0 Å². The van der Waals surface area contributed by atoms with Gasteiger partial charge in [0.1, 0.15) is 12.1 Å². The summed E-state index contributed by atoms with van der Waals surface area (Å²) in [4.78, 5) is 10.5. The van der Waals surface area contributed by atoms with Gasteiger partial charge in [0.25, 0.3) is 5.92 Å². The molecule has 18 heavy (non-hydrogen) atoms. The molecule has 2 heterocycles. The summed E-state index contributed by atoms with van der Waals surface area (Å²) in [5.74, 6) is -1.14. The van der Waals surface area contributed by atoms with E-state index in [1.165, 1.54) is 19.3 Å². The molecule has 3 rings (SSSR count). The van der Waals surface area contributed by atoms with Crippen LogP contribution in [0.3, 0.4) is 0 Å². The molecule has 0 N–H and O–H groups in total. The van der Waals surface area contributed by atoms with E-state index in [2.05, 4.69) is 9.97 Å². The average Bonchev–Trinajstić information content (AvgIpc) is 2.27. The minimum absolute atomic E-state index is 0.0736. The highest BCUT2D eigenvalue weighted by atomic mass is 19.3. The van der Waals surface area contributed by atoms with E-state index in [-0.39, 0.29) is 12.8 Å². The molecule has 2 fully saturated rings. The lowest BCUT2D eigenvalue weighted by atomic mass is 9.83. The molecule has 98 valence electrons. The molecule has 1 aromatic heterocycles. The van der Waals surface area contributed by atoms with Crippen LogP contribution in [0.25, 0.3) is 0 Å². The number of halogens is 2. The van der Waals surface area contributed by atoms with Crippen LogP contribution >= 0.6 is 0 Å². The molecule has 0 radical (unpaired) electrons. The minimum Gasteiger partial charge on any atom is -0.356 e. The van der Waals surface area contributed by atoms with E-state index in [9.17, 15) is 8.78 Å². The summed E-state index contributed by atoms with van der Waals surface area (Å²) in [6, 6.07) is 1.98. The zero-order valence-electron chi connectivity index (χ0n) is 10.3. The Morgan fingerprint density at radius 3 is 2.50 bits per heavy atom. The highest BCUT2D eigenvalue weighted by molar-refractivity contribution is 5.40. The monoisotopic (exact) mass is 253 g/mol. The molecule has 1 aliphatic heterocycles. The van der Waals surface area contributed by atoms with Crippen LogP contribution in [0.4, 0.5) is 14.6 Å². The minimum atomic E-state index is -2.50. The van der Waals surface area contributed by atoms with E-state index in [1.54, 1.807) is 6.33 Å². The number of piperidine rings is 1. The molecule has 0 unspecified atom stereocenters. The maximum absolute atomic E-state index is 13.1. The van der Waals surface area contributed by atoms with E-state index in [1.807, 2.05) is 11.0 Å². The van der Waals surface area contributed by atoms with Gasteiger partial charge in [-0.1, -0.05) is 6.42 Å². The Bertz CT molecular complexity index is 422. The molecular formula is C13H17F2N3. The van der Waals surface area contributed by atoms with Crippen LogP contribution < -0.4 is 4.90 Å². The number of anilines is 1. The van der Waals surface area contributed by atoms with Crippen molar-refractivity contribution in [3.63, 3.8) is 0 Å². The summed E-state index contributed by atoms with van der Waals surface area (Å²) < 4.78 is 26.2. The molecule has 0 aromatic carbocycles. The molecule has 1 saturated carbocycles. The smallest absolute Gasteiger partial charge is 0.251 e. The fourth-order valence-corrected chi connectivity index (χ4v) is 2.52. The second-order valence-corrected chi connectivity index (χ2v) is 5.27. The summed E-state index contributed by atoms with van der Waals surface area (Å²) in [5, 5.41) is 0. The van der Waals surface area contributed by atoms with Crippen LogP contribution in [0.2, 0.25) is 0 Å². The highest BCUT2D eigenvalue weighted by Gasteiger charge is 2.34. The lowest BCUT2D eigenvalue weighted by Gasteiger charge is -2.33. The van der Waals surface area contributed by atoms with Crippen molar-refractivity contribution in [1.29, 1.82) is 0 Å². The van der Waals surface area contributed by atoms with Gasteiger partial charge < -0.3 is 4.90 Å². The number of alkyl halides is 2. The number of nitrogens with zero attached hydrogens (tertiary/aromatic N) is 3. The Kier molecular flexibility index (Phi) is 2.92. The maximum atomic E-state index is 13.1. The van der Waals surface area contributed by atoms with E-state index in [0.717, 1.165) is 11.5 Å². The molecular weight excluding hydrogens is 236 g/mol. The predicted octanol–water partition coefficient (Wildman–Crippen LogP) is 2.98. The number of hydrogen-bond donors (Lipinski definition) is 0. The summed E-state index contributed by atoms with van der Waals surface area (Å²) in [7, 11) is 0. The summed E-state index contributed by atoms with van der Waals surface area (Å²) >= 11 is 0. The molecule has 0 bridgehead atoms. The molecule has 3 nitrogen and oxygen atoms in total. The zero-order valence-corrected chi connectivity index (χ0v) is 10.3. The molecule has 2 aliphatic rings. The van der Waals surface area contributed by atoms with Gasteiger partial charge in [0.2, 0.25) is 0 Å². The van der Waals surface area contributed by atoms with Gasteiger partial charge in [-0.3, -0.25) is 0 Å². The molecule has 1 saturated heterocycles. The van der Waals surface area contributed by atoms with Crippen molar-refractivity contribution in [3.8, 4) is 0 Å². The average molecular weight is 253 g/mol. The van der Waals surface area contributed by atoms with Crippen molar-refractivity contribution >= 4 is 5.82 Å². The molecule has 1 aromatic rings. The first-order valence-electron chi connectivity index (χ1n) is 6.59. The number of aromatic nitrogens is 2. The van der Waals surface area contributed by atoms with E-state index < -0.39 is 5.92 Å². The van der Waals surface area contributed by atoms with Gasteiger partial charge in [0.05, 0.1) is 0 Å². The third-order valence-corrected chi connectivity index (χ3v) is 4.02. The van der Waals surface area contributed by atoms with Crippen molar-refractivity contribution in [2.24, 2.45) is 0 Å². The largest absolute Gasteiger partial charge is 0.356 e. The van der Waals surface area contributed by atoms with Gasteiger partial charge in [-0.25, -0.2) is 18.7 Å². The lowest BCUT2D eigenvalue weighted by Crippen LogP contribution is -2.39. The predicted molar refractivity (Wildman–Crippen MR) is 65.0 cm³/mol.